The normalized spacial score (nSPS) is 14.9. The first-order valence-corrected chi connectivity index (χ1v) is 9.17. The maximum Gasteiger partial charge on any atom is 0.212 e. The molecule has 0 amide bonds. The molecule has 0 bridgehead atoms. The zero-order chi connectivity index (χ0) is 18.1. The van der Waals surface area contributed by atoms with E-state index in [0.717, 1.165) is 36.6 Å². The van der Waals surface area contributed by atoms with Crippen molar-refractivity contribution in [3.05, 3.63) is 83.0 Å². The number of aryl methyl sites for hydroxylation is 2. The molecule has 1 aromatic carbocycles. The number of benzene rings is 1. The van der Waals surface area contributed by atoms with E-state index in [9.17, 15) is 4.79 Å². The van der Waals surface area contributed by atoms with E-state index in [4.69, 9.17) is 0 Å². The van der Waals surface area contributed by atoms with Crippen molar-refractivity contribution in [2.75, 3.05) is 0 Å². The SMILES string of the molecule is C=C(C)C1=CC(C(/C=C\C)=C/C)=PC1=O.CCc1ccc(C)cc1. The summed E-state index contributed by atoms with van der Waals surface area (Å²) < 4.78 is 0. The van der Waals surface area contributed by atoms with Crippen LogP contribution in [-0.2, 0) is 11.2 Å². The maximum absolute atomic E-state index is 11.6. The summed E-state index contributed by atoms with van der Waals surface area (Å²) in [7, 11) is 0.764. The second-order valence-electron chi connectivity index (χ2n) is 5.72. The molecule has 2 heteroatoms. The largest absolute Gasteiger partial charge is 0.284 e. The molecule has 0 saturated heterocycles. The van der Waals surface area contributed by atoms with E-state index in [1.165, 1.54) is 11.1 Å². The summed E-state index contributed by atoms with van der Waals surface area (Å²) in [6, 6.07) is 8.66. The second-order valence-corrected chi connectivity index (χ2v) is 6.84. The highest BCUT2D eigenvalue weighted by molar-refractivity contribution is 7.62. The van der Waals surface area contributed by atoms with Gasteiger partial charge in [-0.1, -0.05) is 61.6 Å². The van der Waals surface area contributed by atoms with Crippen LogP contribution in [0.25, 0.3) is 0 Å². The molecule has 1 nitrogen and oxygen atoms in total. The Balaban J connectivity index is 0.000000272. The lowest BCUT2D eigenvalue weighted by Crippen LogP contribution is -1.92. The van der Waals surface area contributed by atoms with Crippen LogP contribution in [0.5, 0.6) is 0 Å². The molecule has 2 rings (SSSR count). The van der Waals surface area contributed by atoms with Gasteiger partial charge in [0.15, 0.2) is 0 Å². The first-order valence-electron chi connectivity index (χ1n) is 8.28. The van der Waals surface area contributed by atoms with Gasteiger partial charge in [0.25, 0.3) is 0 Å². The van der Waals surface area contributed by atoms with Gasteiger partial charge in [0.2, 0.25) is 5.52 Å². The lowest BCUT2D eigenvalue weighted by molar-refractivity contribution is -0.107. The summed E-state index contributed by atoms with van der Waals surface area (Å²) in [5, 5.41) is 1.07. The predicted molar refractivity (Wildman–Crippen MR) is 109 cm³/mol. The van der Waals surface area contributed by atoms with Gasteiger partial charge in [-0.05, 0) is 65.1 Å². The quantitative estimate of drug-likeness (QED) is 0.470. The molecule has 0 spiro atoms. The van der Waals surface area contributed by atoms with Crippen molar-refractivity contribution in [1.29, 1.82) is 0 Å². The highest BCUT2D eigenvalue weighted by atomic mass is 31.1. The molecule has 0 fully saturated rings. The van der Waals surface area contributed by atoms with Crippen molar-refractivity contribution in [1.82, 2.24) is 0 Å². The van der Waals surface area contributed by atoms with Gasteiger partial charge in [-0.15, -0.1) is 0 Å². The average Bonchev–Trinajstić information content (AvgIpc) is 2.96. The van der Waals surface area contributed by atoms with Crippen LogP contribution in [0.4, 0.5) is 0 Å². The van der Waals surface area contributed by atoms with Crippen LogP contribution in [0, 0.1) is 6.92 Å². The zero-order valence-electron chi connectivity index (χ0n) is 15.4. The number of rotatable bonds is 4. The van der Waals surface area contributed by atoms with Gasteiger partial charge in [0.1, 0.15) is 0 Å². The van der Waals surface area contributed by atoms with Gasteiger partial charge < -0.3 is 0 Å². The van der Waals surface area contributed by atoms with Crippen molar-refractivity contribution in [3.63, 3.8) is 0 Å². The topological polar surface area (TPSA) is 17.1 Å². The molecule has 0 saturated carbocycles. The zero-order valence-corrected chi connectivity index (χ0v) is 16.3. The standard InChI is InChI=1S/C13H15OP.C9H12/c1-5-7-10(6-2)12-8-11(9(3)4)13(14)15-12;1-3-9-6-4-8(2)5-7-9/h5-8H,3H2,1-2,4H3;4-7H,3H2,1-2H3/b7-5-,10-6+;. The van der Waals surface area contributed by atoms with Gasteiger partial charge in [-0.3, -0.25) is 4.79 Å². The van der Waals surface area contributed by atoms with Crippen LogP contribution in [0.3, 0.4) is 0 Å². The lowest BCUT2D eigenvalue weighted by Gasteiger charge is -1.97. The molecule has 1 aliphatic rings. The smallest absolute Gasteiger partial charge is 0.212 e. The van der Waals surface area contributed by atoms with Crippen molar-refractivity contribution >= 4 is 19.0 Å². The van der Waals surface area contributed by atoms with Crippen molar-refractivity contribution in [2.45, 2.75) is 41.0 Å². The molecule has 0 aromatic heterocycles. The molecular weight excluding hydrogens is 311 g/mol. The Hall–Kier alpha value is -1.98. The summed E-state index contributed by atoms with van der Waals surface area (Å²) in [6.07, 6.45) is 9.11. The summed E-state index contributed by atoms with van der Waals surface area (Å²) >= 11 is 0. The molecular formula is C22H27OP. The molecule has 126 valence electrons. The molecule has 1 aliphatic heterocycles. The number of hydrogen-bond acceptors (Lipinski definition) is 1. The fourth-order valence-corrected chi connectivity index (χ4v) is 3.31. The maximum atomic E-state index is 11.6. The second kappa shape index (κ2) is 10.0. The monoisotopic (exact) mass is 338 g/mol. The first-order chi connectivity index (χ1) is 11.4. The fraction of sp³-hybridized carbons (Fsp3) is 0.273. The average molecular weight is 338 g/mol. The Morgan fingerprint density at radius 3 is 2.25 bits per heavy atom. The molecule has 0 N–H and O–H groups in total. The van der Waals surface area contributed by atoms with Crippen LogP contribution in [0.2, 0.25) is 0 Å². The van der Waals surface area contributed by atoms with Gasteiger partial charge in [0.05, 0.1) is 0 Å². The summed E-state index contributed by atoms with van der Waals surface area (Å²) in [5.74, 6) is 0. The van der Waals surface area contributed by atoms with Crippen LogP contribution in [0.1, 0.15) is 38.8 Å². The lowest BCUT2D eigenvalue weighted by atomic mass is 10.1. The van der Waals surface area contributed by atoms with Crippen LogP contribution >= 0.6 is 8.20 Å². The highest BCUT2D eigenvalue weighted by Crippen LogP contribution is 2.27. The molecule has 0 unspecified atom stereocenters. The number of carbonyl (C=O) groups is 1. The van der Waals surface area contributed by atoms with Crippen LogP contribution < -0.4 is 0 Å². The van der Waals surface area contributed by atoms with E-state index in [0.29, 0.717) is 0 Å². The minimum atomic E-state index is 0.154. The molecule has 24 heavy (non-hydrogen) atoms. The predicted octanol–water partition coefficient (Wildman–Crippen LogP) is 6.23. The Morgan fingerprint density at radius 1 is 1.21 bits per heavy atom. The minimum absolute atomic E-state index is 0.154. The van der Waals surface area contributed by atoms with Gasteiger partial charge in [-0.2, -0.15) is 0 Å². The third kappa shape index (κ3) is 5.91. The van der Waals surface area contributed by atoms with Crippen molar-refractivity contribution in [3.8, 4) is 0 Å². The number of hydrogen-bond donors (Lipinski definition) is 0. The minimum Gasteiger partial charge on any atom is -0.284 e. The number of allylic oxidation sites excluding steroid dienone is 7. The van der Waals surface area contributed by atoms with Gasteiger partial charge in [-0.25, -0.2) is 0 Å². The Labute approximate surface area is 148 Å². The van der Waals surface area contributed by atoms with Crippen molar-refractivity contribution in [2.24, 2.45) is 0 Å². The summed E-state index contributed by atoms with van der Waals surface area (Å²) in [4.78, 5) is 11.6. The van der Waals surface area contributed by atoms with Gasteiger partial charge in [0, 0.05) is 10.9 Å². The van der Waals surface area contributed by atoms with E-state index in [2.05, 4.69) is 44.7 Å². The molecule has 0 radical (unpaired) electrons. The third-order valence-corrected chi connectivity index (χ3v) is 4.75. The number of carbonyl (C=O) groups excluding carboxylic acids is 1. The Kier molecular flexibility index (Phi) is 8.36. The molecule has 1 aromatic rings. The molecule has 0 aliphatic carbocycles. The summed E-state index contributed by atoms with van der Waals surface area (Å²) in [5.41, 5.74) is 5.63. The van der Waals surface area contributed by atoms with Crippen molar-refractivity contribution < 1.29 is 4.79 Å². The van der Waals surface area contributed by atoms with Gasteiger partial charge >= 0.3 is 0 Å². The van der Waals surface area contributed by atoms with E-state index >= 15 is 0 Å². The molecule has 1 heterocycles. The fourth-order valence-electron chi connectivity index (χ4n) is 2.19. The van der Waals surface area contributed by atoms with E-state index in [1.807, 2.05) is 45.1 Å². The van der Waals surface area contributed by atoms with E-state index < -0.39 is 0 Å². The molecule has 0 atom stereocenters. The Morgan fingerprint density at radius 2 is 1.83 bits per heavy atom. The van der Waals surface area contributed by atoms with Crippen LogP contribution in [0.15, 0.2) is 71.9 Å². The highest BCUT2D eigenvalue weighted by Gasteiger charge is 2.17. The van der Waals surface area contributed by atoms with E-state index in [1.54, 1.807) is 0 Å². The summed E-state index contributed by atoms with van der Waals surface area (Å²) in [6.45, 7) is 13.9. The Bertz CT molecular complexity index is 713. The first kappa shape index (κ1) is 20.1. The van der Waals surface area contributed by atoms with Crippen LogP contribution in [-0.4, -0.2) is 10.8 Å². The third-order valence-electron chi connectivity index (χ3n) is 3.68. The van der Waals surface area contributed by atoms with E-state index in [-0.39, 0.29) is 5.52 Å².